The molecule has 1 atom stereocenters. The molecule has 0 radical (unpaired) electrons. The summed E-state index contributed by atoms with van der Waals surface area (Å²) in [5.41, 5.74) is 5.31. The number of ether oxygens (including phenoxy) is 2. The van der Waals surface area contributed by atoms with Gasteiger partial charge in [-0.15, -0.1) is 0 Å². The molecular formula is C11H13ClN2O5. The molecule has 1 unspecified atom stereocenters. The van der Waals surface area contributed by atoms with Crippen LogP contribution in [0.5, 0.6) is 5.75 Å². The van der Waals surface area contributed by atoms with Crippen LogP contribution in [-0.4, -0.2) is 30.7 Å². The van der Waals surface area contributed by atoms with Gasteiger partial charge >= 0.3 is 11.7 Å². The van der Waals surface area contributed by atoms with E-state index >= 15 is 0 Å². The Hall–Kier alpha value is -1.86. The number of hydrogen-bond donors (Lipinski definition) is 1. The number of benzene rings is 1. The molecular weight excluding hydrogens is 276 g/mol. The van der Waals surface area contributed by atoms with Crippen LogP contribution in [0.4, 0.5) is 5.69 Å². The van der Waals surface area contributed by atoms with Crippen molar-refractivity contribution in [3.05, 3.63) is 33.3 Å². The second-order valence-electron chi connectivity index (χ2n) is 3.64. The highest BCUT2D eigenvalue weighted by Gasteiger charge is 2.17. The number of carbonyl (C=O) groups excluding carboxylic acids is 1. The predicted molar refractivity (Wildman–Crippen MR) is 68.2 cm³/mol. The van der Waals surface area contributed by atoms with Crippen LogP contribution in [0.2, 0.25) is 5.02 Å². The van der Waals surface area contributed by atoms with Crippen LogP contribution in [0.1, 0.15) is 6.42 Å². The van der Waals surface area contributed by atoms with Crippen molar-refractivity contribution in [1.29, 1.82) is 0 Å². The zero-order valence-electron chi connectivity index (χ0n) is 10.2. The molecule has 0 spiro atoms. The Bertz CT molecular complexity index is 480. The van der Waals surface area contributed by atoms with Gasteiger partial charge in [-0.2, -0.15) is 0 Å². The van der Waals surface area contributed by atoms with E-state index in [0.717, 1.165) is 0 Å². The highest BCUT2D eigenvalue weighted by molar-refractivity contribution is 6.30. The third kappa shape index (κ3) is 4.38. The lowest BCUT2D eigenvalue weighted by molar-refractivity contribution is -0.385. The van der Waals surface area contributed by atoms with Gasteiger partial charge in [-0.05, 0) is 6.07 Å². The molecule has 0 saturated heterocycles. The zero-order valence-corrected chi connectivity index (χ0v) is 10.9. The monoisotopic (exact) mass is 288 g/mol. The second kappa shape index (κ2) is 6.91. The van der Waals surface area contributed by atoms with Crippen LogP contribution in [0, 0.1) is 10.1 Å². The Morgan fingerprint density at radius 3 is 2.84 bits per heavy atom. The lowest BCUT2D eigenvalue weighted by atomic mass is 10.2. The van der Waals surface area contributed by atoms with Crippen molar-refractivity contribution in [1.82, 2.24) is 0 Å². The second-order valence-corrected chi connectivity index (χ2v) is 4.07. The number of rotatable bonds is 6. The molecule has 0 aliphatic heterocycles. The van der Waals surface area contributed by atoms with Crippen LogP contribution >= 0.6 is 11.6 Å². The summed E-state index contributed by atoms with van der Waals surface area (Å²) in [5, 5.41) is 11.1. The summed E-state index contributed by atoms with van der Waals surface area (Å²) in [4.78, 5) is 21.2. The highest BCUT2D eigenvalue weighted by atomic mass is 35.5. The van der Waals surface area contributed by atoms with E-state index in [1.807, 2.05) is 0 Å². The number of nitrogens with zero attached hydrogens (tertiary/aromatic N) is 1. The van der Waals surface area contributed by atoms with Gasteiger partial charge in [0.25, 0.3) is 0 Å². The molecule has 0 fully saturated rings. The number of nitro groups is 1. The van der Waals surface area contributed by atoms with Crippen LogP contribution in [0.15, 0.2) is 18.2 Å². The maximum Gasteiger partial charge on any atom is 0.322 e. The van der Waals surface area contributed by atoms with Gasteiger partial charge in [0.2, 0.25) is 0 Å². The molecule has 0 aliphatic carbocycles. The molecule has 1 aromatic rings. The Morgan fingerprint density at radius 1 is 1.58 bits per heavy atom. The fourth-order valence-electron chi connectivity index (χ4n) is 1.32. The highest BCUT2D eigenvalue weighted by Crippen LogP contribution is 2.29. The van der Waals surface area contributed by atoms with E-state index in [1.54, 1.807) is 0 Å². The minimum atomic E-state index is -0.830. The van der Waals surface area contributed by atoms with Crippen LogP contribution < -0.4 is 10.5 Å². The molecule has 104 valence electrons. The van der Waals surface area contributed by atoms with E-state index in [9.17, 15) is 14.9 Å². The molecule has 2 N–H and O–H groups in total. The molecule has 0 saturated carbocycles. The van der Waals surface area contributed by atoms with Crippen LogP contribution in [0.25, 0.3) is 0 Å². The van der Waals surface area contributed by atoms with Crippen LogP contribution in [-0.2, 0) is 9.53 Å². The maximum atomic E-state index is 11.1. The van der Waals surface area contributed by atoms with Crippen molar-refractivity contribution in [2.45, 2.75) is 12.5 Å². The van der Waals surface area contributed by atoms with Crippen molar-refractivity contribution >= 4 is 23.3 Å². The summed E-state index contributed by atoms with van der Waals surface area (Å²) >= 11 is 5.73. The normalized spacial score (nSPS) is 11.7. The molecule has 0 heterocycles. The SMILES string of the molecule is COC(=O)C(N)CCOc1cc(Cl)ccc1[N+](=O)[O-]. The van der Waals surface area contributed by atoms with Crippen molar-refractivity contribution in [3.8, 4) is 5.75 Å². The minimum Gasteiger partial charge on any atom is -0.487 e. The molecule has 1 rings (SSSR count). The Kier molecular flexibility index (Phi) is 5.53. The molecule has 0 bridgehead atoms. The summed E-state index contributed by atoms with van der Waals surface area (Å²) in [5.74, 6) is -0.529. The first kappa shape index (κ1) is 15.2. The van der Waals surface area contributed by atoms with E-state index in [-0.39, 0.29) is 24.5 Å². The van der Waals surface area contributed by atoms with E-state index in [1.165, 1.54) is 25.3 Å². The van der Waals surface area contributed by atoms with Gasteiger partial charge in [0.15, 0.2) is 5.75 Å². The lowest BCUT2D eigenvalue weighted by Crippen LogP contribution is -2.33. The van der Waals surface area contributed by atoms with E-state index in [4.69, 9.17) is 22.1 Å². The van der Waals surface area contributed by atoms with Gasteiger partial charge in [0.05, 0.1) is 18.6 Å². The Morgan fingerprint density at radius 2 is 2.26 bits per heavy atom. The van der Waals surface area contributed by atoms with E-state index in [0.29, 0.717) is 5.02 Å². The lowest BCUT2D eigenvalue weighted by Gasteiger charge is -2.10. The van der Waals surface area contributed by atoms with Crippen molar-refractivity contribution in [2.24, 2.45) is 5.73 Å². The Balaban J connectivity index is 2.65. The number of hydrogen-bond acceptors (Lipinski definition) is 6. The number of carbonyl (C=O) groups is 1. The molecule has 7 nitrogen and oxygen atoms in total. The van der Waals surface area contributed by atoms with Gasteiger partial charge in [0.1, 0.15) is 6.04 Å². The predicted octanol–water partition coefficient (Wildman–Crippen LogP) is 1.52. The summed E-state index contributed by atoms with van der Waals surface area (Å²) < 4.78 is 9.68. The van der Waals surface area contributed by atoms with Gasteiger partial charge in [-0.25, -0.2) is 0 Å². The molecule has 0 aliphatic rings. The van der Waals surface area contributed by atoms with Gasteiger partial charge in [0, 0.05) is 23.6 Å². The van der Waals surface area contributed by atoms with E-state index in [2.05, 4.69) is 4.74 Å². The first-order valence-corrected chi connectivity index (χ1v) is 5.73. The summed E-state index contributed by atoms with van der Waals surface area (Å²) in [6.07, 6.45) is 0.177. The van der Waals surface area contributed by atoms with Crippen molar-refractivity contribution in [2.75, 3.05) is 13.7 Å². The number of methoxy groups -OCH3 is 1. The van der Waals surface area contributed by atoms with Crippen molar-refractivity contribution in [3.63, 3.8) is 0 Å². The number of nitro benzene ring substituents is 1. The quantitative estimate of drug-likeness (QED) is 0.483. The largest absolute Gasteiger partial charge is 0.487 e. The molecule has 1 aromatic carbocycles. The molecule has 0 aromatic heterocycles. The topological polar surface area (TPSA) is 105 Å². The summed E-state index contributed by atoms with van der Waals surface area (Å²) in [6, 6.07) is 3.15. The molecule has 19 heavy (non-hydrogen) atoms. The third-order valence-electron chi connectivity index (χ3n) is 2.31. The number of nitrogens with two attached hydrogens (primary N) is 1. The Labute approximate surface area is 114 Å². The minimum absolute atomic E-state index is 0.0366. The van der Waals surface area contributed by atoms with Crippen LogP contribution in [0.3, 0.4) is 0 Å². The maximum absolute atomic E-state index is 11.1. The van der Waals surface area contributed by atoms with E-state index < -0.39 is 16.9 Å². The number of esters is 1. The fourth-order valence-corrected chi connectivity index (χ4v) is 1.48. The smallest absolute Gasteiger partial charge is 0.322 e. The average Bonchev–Trinajstić information content (AvgIpc) is 2.37. The fraction of sp³-hybridized carbons (Fsp3) is 0.364. The van der Waals surface area contributed by atoms with Gasteiger partial charge in [-0.3, -0.25) is 14.9 Å². The summed E-state index contributed by atoms with van der Waals surface area (Å²) in [6.45, 7) is 0.0391. The molecule has 8 heteroatoms. The summed E-state index contributed by atoms with van der Waals surface area (Å²) in [7, 11) is 1.23. The van der Waals surface area contributed by atoms with Crippen molar-refractivity contribution < 1.29 is 19.2 Å². The number of halogens is 1. The molecule has 0 amide bonds. The zero-order chi connectivity index (χ0) is 14.4. The first-order valence-electron chi connectivity index (χ1n) is 5.36. The van der Waals surface area contributed by atoms with Gasteiger partial charge < -0.3 is 15.2 Å². The van der Waals surface area contributed by atoms with Gasteiger partial charge in [-0.1, -0.05) is 11.6 Å². The third-order valence-corrected chi connectivity index (χ3v) is 2.54. The first-order chi connectivity index (χ1) is 8.95. The standard InChI is InChI=1S/C11H13ClN2O5/c1-18-11(15)8(13)4-5-19-10-6-7(12)2-3-9(10)14(16)17/h2-3,6,8H,4-5,13H2,1H3. The average molecular weight is 289 g/mol.